The van der Waals surface area contributed by atoms with Crippen LogP contribution in [-0.2, 0) is 14.3 Å². The Kier molecular flexibility index (Phi) is 6.35. The Morgan fingerprint density at radius 2 is 1.89 bits per heavy atom. The van der Waals surface area contributed by atoms with Gasteiger partial charge in [0.2, 0.25) is 0 Å². The van der Waals surface area contributed by atoms with Crippen LogP contribution in [-0.4, -0.2) is 36.9 Å². The van der Waals surface area contributed by atoms with Gasteiger partial charge in [0, 0.05) is 16.6 Å². The molecule has 1 heterocycles. The summed E-state index contributed by atoms with van der Waals surface area (Å²) < 4.78 is 42.6. The number of rotatable bonds is 6. The SMILES string of the molecule is C[C@H](OC(=O)CSc1cc(F)ccc1F)C(=O)Nc1ccc2c(c1)OCCO2. The summed E-state index contributed by atoms with van der Waals surface area (Å²) in [6.45, 7) is 2.30. The third-order valence-corrected chi connectivity index (χ3v) is 4.73. The minimum absolute atomic E-state index is 0.00895. The number of benzene rings is 2. The van der Waals surface area contributed by atoms with E-state index in [4.69, 9.17) is 14.2 Å². The number of anilines is 1. The van der Waals surface area contributed by atoms with Crippen molar-refractivity contribution in [2.24, 2.45) is 0 Å². The fraction of sp³-hybridized carbons (Fsp3) is 0.263. The second-order valence-electron chi connectivity index (χ2n) is 5.84. The first kappa shape index (κ1) is 19.9. The first-order chi connectivity index (χ1) is 13.4. The Labute approximate surface area is 164 Å². The molecule has 0 unspecified atom stereocenters. The maximum Gasteiger partial charge on any atom is 0.317 e. The van der Waals surface area contributed by atoms with Crippen LogP contribution >= 0.6 is 11.8 Å². The van der Waals surface area contributed by atoms with Gasteiger partial charge in [0.25, 0.3) is 5.91 Å². The molecule has 6 nitrogen and oxygen atoms in total. The molecule has 0 bridgehead atoms. The number of amides is 1. The lowest BCUT2D eigenvalue weighted by atomic mass is 10.2. The van der Waals surface area contributed by atoms with Crippen LogP contribution in [0.25, 0.3) is 0 Å². The molecule has 0 saturated carbocycles. The number of halogens is 2. The van der Waals surface area contributed by atoms with Gasteiger partial charge < -0.3 is 19.5 Å². The molecule has 1 aliphatic heterocycles. The van der Waals surface area contributed by atoms with Crippen molar-refractivity contribution in [3.63, 3.8) is 0 Å². The molecule has 3 rings (SSSR count). The molecule has 0 spiro atoms. The third-order valence-electron chi connectivity index (χ3n) is 3.73. The van der Waals surface area contributed by atoms with E-state index in [-0.39, 0.29) is 10.6 Å². The highest BCUT2D eigenvalue weighted by atomic mass is 32.2. The first-order valence-corrected chi connectivity index (χ1v) is 9.39. The van der Waals surface area contributed by atoms with Gasteiger partial charge in [-0.05, 0) is 37.3 Å². The molecule has 28 heavy (non-hydrogen) atoms. The van der Waals surface area contributed by atoms with Gasteiger partial charge in [-0.1, -0.05) is 0 Å². The van der Waals surface area contributed by atoms with E-state index in [0.29, 0.717) is 30.4 Å². The van der Waals surface area contributed by atoms with Crippen molar-refractivity contribution >= 4 is 29.3 Å². The Bertz CT molecular complexity index is 893. The van der Waals surface area contributed by atoms with E-state index in [1.165, 1.54) is 6.92 Å². The summed E-state index contributed by atoms with van der Waals surface area (Å²) >= 11 is 0.791. The maximum absolute atomic E-state index is 13.6. The van der Waals surface area contributed by atoms with E-state index in [2.05, 4.69) is 5.32 Å². The second-order valence-corrected chi connectivity index (χ2v) is 6.86. The molecular formula is C19H17F2NO5S. The molecule has 0 radical (unpaired) electrons. The van der Waals surface area contributed by atoms with Crippen molar-refractivity contribution in [2.45, 2.75) is 17.9 Å². The average molecular weight is 409 g/mol. The van der Waals surface area contributed by atoms with Gasteiger partial charge in [0.05, 0.1) is 5.75 Å². The van der Waals surface area contributed by atoms with E-state index >= 15 is 0 Å². The van der Waals surface area contributed by atoms with Gasteiger partial charge >= 0.3 is 5.97 Å². The summed E-state index contributed by atoms with van der Waals surface area (Å²) in [6, 6.07) is 7.89. The van der Waals surface area contributed by atoms with Crippen molar-refractivity contribution in [1.29, 1.82) is 0 Å². The fourth-order valence-corrected chi connectivity index (χ4v) is 3.12. The Morgan fingerprint density at radius 1 is 1.14 bits per heavy atom. The first-order valence-electron chi connectivity index (χ1n) is 8.40. The molecule has 2 aromatic rings. The summed E-state index contributed by atoms with van der Waals surface area (Å²) in [5, 5.41) is 2.62. The zero-order valence-electron chi connectivity index (χ0n) is 14.9. The predicted molar refractivity (Wildman–Crippen MR) is 98.7 cm³/mol. The third kappa shape index (κ3) is 5.13. The van der Waals surface area contributed by atoms with Crippen LogP contribution in [0.3, 0.4) is 0 Å². The second kappa shape index (κ2) is 8.92. The Morgan fingerprint density at radius 3 is 2.68 bits per heavy atom. The molecule has 2 aromatic carbocycles. The van der Waals surface area contributed by atoms with Crippen LogP contribution < -0.4 is 14.8 Å². The number of hydrogen-bond acceptors (Lipinski definition) is 6. The normalized spacial score (nSPS) is 13.5. The topological polar surface area (TPSA) is 73.9 Å². The van der Waals surface area contributed by atoms with Crippen LogP contribution in [0, 0.1) is 11.6 Å². The van der Waals surface area contributed by atoms with Gasteiger partial charge in [-0.2, -0.15) is 0 Å². The average Bonchev–Trinajstić information content (AvgIpc) is 2.68. The van der Waals surface area contributed by atoms with Crippen LogP contribution in [0.15, 0.2) is 41.3 Å². The lowest BCUT2D eigenvalue weighted by Crippen LogP contribution is -2.30. The molecule has 0 aromatic heterocycles. The molecule has 0 saturated heterocycles. The summed E-state index contributed by atoms with van der Waals surface area (Å²) in [4.78, 5) is 24.1. The van der Waals surface area contributed by atoms with Gasteiger partial charge in [-0.15, -0.1) is 11.8 Å². The van der Waals surface area contributed by atoms with Gasteiger partial charge in [0.1, 0.15) is 24.8 Å². The highest BCUT2D eigenvalue weighted by Crippen LogP contribution is 2.32. The smallest absolute Gasteiger partial charge is 0.317 e. The van der Waals surface area contributed by atoms with Crippen LogP contribution in [0.1, 0.15) is 6.92 Å². The zero-order chi connectivity index (χ0) is 20.1. The van der Waals surface area contributed by atoms with Gasteiger partial charge in [0.15, 0.2) is 17.6 Å². The minimum atomic E-state index is -1.07. The molecule has 148 valence electrons. The lowest BCUT2D eigenvalue weighted by molar-refractivity contribution is -0.150. The summed E-state index contributed by atoms with van der Waals surface area (Å²) in [5.41, 5.74) is 0.466. The van der Waals surface area contributed by atoms with Crippen molar-refractivity contribution in [2.75, 3.05) is 24.3 Å². The quantitative estimate of drug-likeness (QED) is 0.582. The zero-order valence-corrected chi connectivity index (χ0v) is 15.7. The van der Waals surface area contributed by atoms with Crippen molar-refractivity contribution in [3.8, 4) is 11.5 Å². The van der Waals surface area contributed by atoms with E-state index in [9.17, 15) is 18.4 Å². The number of fused-ring (bicyclic) bond motifs is 1. The van der Waals surface area contributed by atoms with Gasteiger partial charge in [-0.25, -0.2) is 8.78 Å². The maximum atomic E-state index is 13.6. The molecule has 1 atom stereocenters. The number of carbonyl (C=O) groups is 2. The van der Waals surface area contributed by atoms with Crippen LogP contribution in [0.4, 0.5) is 14.5 Å². The molecule has 1 amide bonds. The standard InChI is InChI=1S/C19H17F2NO5S/c1-11(27-18(23)10-28-17-8-12(20)2-4-14(17)21)19(24)22-13-3-5-15-16(9-13)26-7-6-25-15/h2-5,8-9,11H,6-7,10H2,1H3,(H,22,24)/t11-/m0/s1. The highest BCUT2D eigenvalue weighted by molar-refractivity contribution is 8.00. The number of carbonyl (C=O) groups excluding carboxylic acids is 2. The summed E-state index contributed by atoms with van der Waals surface area (Å²) in [5.74, 6) is -1.66. The van der Waals surface area contributed by atoms with Gasteiger partial charge in [-0.3, -0.25) is 9.59 Å². The van der Waals surface area contributed by atoms with Crippen LogP contribution in [0.5, 0.6) is 11.5 Å². The van der Waals surface area contributed by atoms with Crippen molar-refractivity contribution in [1.82, 2.24) is 0 Å². The van der Waals surface area contributed by atoms with Crippen LogP contribution in [0.2, 0.25) is 0 Å². The van der Waals surface area contributed by atoms with Crippen molar-refractivity contribution < 1.29 is 32.6 Å². The molecule has 1 aliphatic rings. The Hall–Kier alpha value is -2.81. The lowest BCUT2D eigenvalue weighted by Gasteiger charge is -2.19. The van der Waals surface area contributed by atoms with E-state index in [1.54, 1.807) is 18.2 Å². The van der Waals surface area contributed by atoms with E-state index < -0.39 is 29.6 Å². The molecule has 0 fully saturated rings. The number of esters is 1. The number of thioether (sulfide) groups is 1. The number of hydrogen-bond donors (Lipinski definition) is 1. The Balaban J connectivity index is 1.51. The molecular weight excluding hydrogens is 392 g/mol. The number of ether oxygens (including phenoxy) is 3. The highest BCUT2D eigenvalue weighted by Gasteiger charge is 2.20. The molecule has 9 heteroatoms. The largest absolute Gasteiger partial charge is 0.486 e. The monoisotopic (exact) mass is 409 g/mol. The van der Waals surface area contributed by atoms with E-state index in [1.807, 2.05) is 0 Å². The van der Waals surface area contributed by atoms with Crippen molar-refractivity contribution in [3.05, 3.63) is 48.0 Å². The minimum Gasteiger partial charge on any atom is -0.486 e. The molecule has 1 N–H and O–H groups in total. The summed E-state index contributed by atoms with van der Waals surface area (Å²) in [6.07, 6.45) is -1.07. The predicted octanol–water partition coefficient (Wildman–Crippen LogP) is 3.40. The number of nitrogens with one attached hydrogen (secondary N) is 1. The van der Waals surface area contributed by atoms with E-state index in [0.717, 1.165) is 30.0 Å². The summed E-state index contributed by atoms with van der Waals surface area (Å²) in [7, 11) is 0. The fourth-order valence-electron chi connectivity index (χ4n) is 2.37. The molecule has 0 aliphatic carbocycles.